The molecule has 0 N–H and O–H groups in total. The first-order valence-electron chi connectivity index (χ1n) is 9.61. The first-order chi connectivity index (χ1) is 13.1. The highest BCUT2D eigenvalue weighted by Crippen LogP contribution is 2.27. The average Bonchev–Trinajstić information content (AvgIpc) is 2.99. The van der Waals surface area contributed by atoms with Crippen LogP contribution in [0.5, 0.6) is 0 Å². The van der Waals surface area contributed by atoms with E-state index in [0.717, 1.165) is 44.0 Å². The molecule has 0 bridgehead atoms. The number of rotatable bonds is 4. The van der Waals surface area contributed by atoms with Crippen molar-refractivity contribution < 1.29 is 0 Å². The van der Waals surface area contributed by atoms with Gasteiger partial charge < -0.3 is 0 Å². The van der Waals surface area contributed by atoms with Crippen LogP contribution >= 0.6 is 0 Å². The Morgan fingerprint density at radius 2 is 1.81 bits per heavy atom. The van der Waals surface area contributed by atoms with Crippen LogP contribution in [0.1, 0.15) is 35.7 Å². The quantitative estimate of drug-likeness (QED) is 0.715. The molecule has 0 spiro atoms. The Morgan fingerprint density at radius 1 is 1.07 bits per heavy atom. The molecule has 0 aliphatic carbocycles. The van der Waals surface area contributed by atoms with E-state index in [2.05, 4.69) is 41.2 Å². The smallest absolute Gasteiger partial charge is 0.298 e. The van der Waals surface area contributed by atoms with Crippen molar-refractivity contribution in [2.24, 2.45) is 7.05 Å². The number of aromatic nitrogens is 3. The van der Waals surface area contributed by atoms with Crippen molar-refractivity contribution in [1.29, 1.82) is 0 Å². The van der Waals surface area contributed by atoms with E-state index >= 15 is 0 Å². The zero-order chi connectivity index (χ0) is 18.8. The summed E-state index contributed by atoms with van der Waals surface area (Å²) in [6.07, 6.45) is 2.18. The van der Waals surface area contributed by atoms with Crippen LogP contribution in [0.15, 0.2) is 59.4 Å². The Hall–Kier alpha value is -2.66. The number of para-hydroxylation sites is 1. The van der Waals surface area contributed by atoms with Crippen molar-refractivity contribution in [3.63, 3.8) is 0 Å². The van der Waals surface area contributed by atoms with Gasteiger partial charge in [-0.05, 0) is 49.6 Å². The molecule has 5 heteroatoms. The molecule has 0 unspecified atom stereocenters. The molecule has 3 aromatic rings. The number of benzene rings is 2. The van der Waals surface area contributed by atoms with E-state index in [1.54, 1.807) is 11.6 Å². The summed E-state index contributed by atoms with van der Waals surface area (Å²) in [6, 6.07) is 18.4. The van der Waals surface area contributed by atoms with Gasteiger partial charge in [-0.2, -0.15) is 5.10 Å². The van der Waals surface area contributed by atoms with Gasteiger partial charge in [-0.1, -0.05) is 42.5 Å². The predicted octanol–water partition coefficient (Wildman–Crippen LogP) is 3.26. The van der Waals surface area contributed by atoms with Gasteiger partial charge in [-0.15, -0.1) is 0 Å². The fourth-order valence-electron chi connectivity index (χ4n) is 4.01. The Kier molecular flexibility index (Phi) is 4.94. The van der Waals surface area contributed by atoms with Crippen LogP contribution in [0.2, 0.25) is 0 Å². The second kappa shape index (κ2) is 7.53. The average molecular weight is 362 g/mol. The third kappa shape index (κ3) is 3.60. The first-order valence-corrected chi connectivity index (χ1v) is 9.61. The molecule has 4 rings (SSSR count). The summed E-state index contributed by atoms with van der Waals surface area (Å²) in [5, 5.41) is 4.61. The van der Waals surface area contributed by atoms with E-state index in [0.29, 0.717) is 0 Å². The second-order valence-electron chi connectivity index (χ2n) is 7.44. The lowest BCUT2D eigenvalue weighted by molar-refractivity contribution is 0.195. The van der Waals surface area contributed by atoms with Crippen molar-refractivity contribution in [2.45, 2.75) is 32.2 Å². The van der Waals surface area contributed by atoms with Gasteiger partial charge in [0.25, 0.3) is 0 Å². The van der Waals surface area contributed by atoms with E-state index < -0.39 is 0 Å². The van der Waals surface area contributed by atoms with Crippen LogP contribution in [0.25, 0.3) is 5.69 Å². The molecule has 140 valence electrons. The third-order valence-electron chi connectivity index (χ3n) is 5.49. The third-order valence-corrected chi connectivity index (χ3v) is 5.49. The molecule has 2 heterocycles. The maximum atomic E-state index is 12.7. The van der Waals surface area contributed by atoms with Crippen LogP contribution in [0.3, 0.4) is 0 Å². The summed E-state index contributed by atoms with van der Waals surface area (Å²) < 4.78 is 3.24. The van der Waals surface area contributed by atoms with E-state index in [-0.39, 0.29) is 11.6 Å². The minimum absolute atomic E-state index is 0.0766. The normalized spacial score (nSPS) is 17.9. The van der Waals surface area contributed by atoms with E-state index in [1.807, 2.05) is 30.3 Å². The van der Waals surface area contributed by atoms with Gasteiger partial charge >= 0.3 is 5.69 Å². The van der Waals surface area contributed by atoms with Crippen LogP contribution in [0.4, 0.5) is 0 Å². The molecule has 1 aliphatic rings. The Balaban J connectivity index is 1.62. The minimum Gasteiger partial charge on any atom is -0.298 e. The predicted molar refractivity (Wildman–Crippen MR) is 107 cm³/mol. The molecule has 1 aromatic heterocycles. The number of likely N-dealkylation sites (tertiary alicyclic amines) is 1. The van der Waals surface area contributed by atoms with Crippen molar-refractivity contribution >= 4 is 0 Å². The molecule has 2 aromatic carbocycles. The minimum atomic E-state index is -0.0766. The standard InChI is InChI=1S/C22H26N4O/c1-17-9-6-7-10-18(17)15-25-14-8-11-19(16-25)21-23-24(2)22(27)26(21)20-12-4-3-5-13-20/h3-7,9-10,12-13,19H,8,11,14-16H2,1-2H3/t19-/m0/s1. The van der Waals surface area contributed by atoms with Crippen molar-refractivity contribution in [1.82, 2.24) is 19.2 Å². The molecular weight excluding hydrogens is 336 g/mol. The number of hydrogen-bond acceptors (Lipinski definition) is 3. The Morgan fingerprint density at radius 3 is 2.59 bits per heavy atom. The number of aryl methyl sites for hydroxylation is 2. The summed E-state index contributed by atoms with van der Waals surface area (Å²) >= 11 is 0. The lowest BCUT2D eigenvalue weighted by Crippen LogP contribution is -2.35. The lowest BCUT2D eigenvalue weighted by Gasteiger charge is -2.32. The summed E-state index contributed by atoms with van der Waals surface area (Å²) in [4.78, 5) is 15.2. The van der Waals surface area contributed by atoms with E-state index in [9.17, 15) is 4.79 Å². The van der Waals surface area contributed by atoms with Gasteiger partial charge in [-0.25, -0.2) is 14.0 Å². The summed E-state index contributed by atoms with van der Waals surface area (Å²) in [7, 11) is 1.74. The number of nitrogens with zero attached hydrogens (tertiary/aromatic N) is 4. The zero-order valence-electron chi connectivity index (χ0n) is 16.0. The van der Waals surface area contributed by atoms with Gasteiger partial charge in [0.1, 0.15) is 5.82 Å². The molecule has 27 heavy (non-hydrogen) atoms. The van der Waals surface area contributed by atoms with E-state index in [1.165, 1.54) is 15.8 Å². The van der Waals surface area contributed by atoms with Crippen LogP contribution in [0, 0.1) is 6.92 Å². The van der Waals surface area contributed by atoms with Gasteiger partial charge in [-0.3, -0.25) is 4.90 Å². The highest BCUT2D eigenvalue weighted by molar-refractivity contribution is 5.33. The SMILES string of the molecule is Cc1ccccc1CN1CCC[C@H](c2nn(C)c(=O)n2-c2ccccc2)C1. The fourth-order valence-corrected chi connectivity index (χ4v) is 4.01. The highest BCUT2D eigenvalue weighted by Gasteiger charge is 2.27. The van der Waals surface area contributed by atoms with Crippen LogP contribution in [-0.4, -0.2) is 32.3 Å². The van der Waals surface area contributed by atoms with Gasteiger partial charge in [0.2, 0.25) is 0 Å². The molecule has 1 fully saturated rings. The monoisotopic (exact) mass is 362 g/mol. The molecule has 0 amide bonds. The van der Waals surface area contributed by atoms with Crippen molar-refractivity contribution in [2.75, 3.05) is 13.1 Å². The van der Waals surface area contributed by atoms with Crippen LogP contribution < -0.4 is 5.69 Å². The molecular formula is C22H26N4O. The van der Waals surface area contributed by atoms with Crippen molar-refractivity contribution in [3.05, 3.63) is 82.0 Å². The summed E-state index contributed by atoms with van der Waals surface area (Å²) in [5.74, 6) is 1.14. The topological polar surface area (TPSA) is 43.1 Å². The molecule has 0 saturated carbocycles. The second-order valence-corrected chi connectivity index (χ2v) is 7.44. The zero-order valence-corrected chi connectivity index (χ0v) is 16.0. The first kappa shape index (κ1) is 17.7. The highest BCUT2D eigenvalue weighted by atomic mass is 16.2. The molecule has 0 radical (unpaired) electrons. The Labute approximate surface area is 159 Å². The maximum Gasteiger partial charge on any atom is 0.350 e. The Bertz CT molecular complexity index is 973. The molecule has 1 atom stereocenters. The van der Waals surface area contributed by atoms with E-state index in [4.69, 9.17) is 0 Å². The van der Waals surface area contributed by atoms with Crippen molar-refractivity contribution in [3.8, 4) is 5.69 Å². The molecule has 1 aliphatic heterocycles. The summed E-state index contributed by atoms with van der Waals surface area (Å²) in [6.45, 7) is 5.14. The maximum absolute atomic E-state index is 12.7. The molecule has 1 saturated heterocycles. The lowest BCUT2D eigenvalue weighted by atomic mass is 9.96. The number of hydrogen-bond donors (Lipinski definition) is 0. The van der Waals surface area contributed by atoms with Gasteiger partial charge in [0, 0.05) is 26.1 Å². The van der Waals surface area contributed by atoms with Gasteiger partial charge in [0.15, 0.2) is 0 Å². The number of piperidine rings is 1. The fraction of sp³-hybridized carbons (Fsp3) is 0.364. The molecule has 5 nitrogen and oxygen atoms in total. The van der Waals surface area contributed by atoms with Gasteiger partial charge in [0.05, 0.1) is 5.69 Å². The summed E-state index contributed by atoms with van der Waals surface area (Å²) in [5.41, 5.74) is 3.52. The largest absolute Gasteiger partial charge is 0.350 e. The van der Waals surface area contributed by atoms with Crippen LogP contribution in [-0.2, 0) is 13.6 Å².